The molecule has 29 heavy (non-hydrogen) atoms. The first-order valence-corrected chi connectivity index (χ1v) is 8.57. The summed E-state index contributed by atoms with van der Waals surface area (Å²) in [5.41, 5.74) is -1.08. The number of aromatic amines is 1. The zero-order valence-corrected chi connectivity index (χ0v) is 15.5. The number of rotatable bonds is 4. The number of benzene rings is 2. The molecular weight excluding hydrogens is 388 g/mol. The Bertz CT molecular complexity index is 1220. The Hall–Kier alpha value is -3.42. The van der Waals surface area contributed by atoms with Gasteiger partial charge in [-0.3, -0.25) is 9.59 Å². The van der Waals surface area contributed by atoms with Crippen molar-refractivity contribution in [2.75, 3.05) is 0 Å². The highest BCUT2D eigenvalue weighted by atomic mass is 19.2. The monoisotopic (exact) mass is 404 g/mol. The number of nitrogens with one attached hydrogen (secondary N) is 2. The zero-order valence-electron chi connectivity index (χ0n) is 15.5. The van der Waals surface area contributed by atoms with Crippen LogP contribution >= 0.6 is 0 Å². The fraction of sp³-hybridized carbons (Fsp3) is 0.143. The van der Waals surface area contributed by atoms with E-state index in [1.807, 2.05) is 0 Å². The molecule has 0 aliphatic heterocycles. The number of aryl methyl sites for hydroxylation is 1. The molecule has 1 aromatic heterocycles. The summed E-state index contributed by atoms with van der Waals surface area (Å²) in [6.07, 6.45) is 0. The molecule has 0 fully saturated rings. The molecule has 2 N–H and O–H groups in total. The minimum atomic E-state index is -1.16. The SMILES string of the molecule is C=C(C(=O)N[C@@H](C)c1ccc(F)cc1F)c1c(C)c2c(F)c(F)ccc2[nH]c1=O. The van der Waals surface area contributed by atoms with Crippen molar-refractivity contribution in [2.45, 2.75) is 19.9 Å². The molecule has 0 unspecified atom stereocenters. The van der Waals surface area contributed by atoms with E-state index in [1.54, 1.807) is 0 Å². The lowest BCUT2D eigenvalue weighted by molar-refractivity contribution is -0.116. The van der Waals surface area contributed by atoms with Crippen LogP contribution in [0, 0.1) is 30.2 Å². The number of carbonyl (C=O) groups is 1. The molecule has 0 spiro atoms. The Morgan fingerprint density at radius 3 is 2.45 bits per heavy atom. The summed E-state index contributed by atoms with van der Waals surface area (Å²) >= 11 is 0. The van der Waals surface area contributed by atoms with Gasteiger partial charge in [0.15, 0.2) is 11.6 Å². The topological polar surface area (TPSA) is 62.0 Å². The molecule has 0 radical (unpaired) electrons. The molecule has 3 rings (SSSR count). The summed E-state index contributed by atoms with van der Waals surface area (Å²) in [5.74, 6) is -4.69. The maximum absolute atomic E-state index is 14.2. The van der Waals surface area contributed by atoms with Crippen molar-refractivity contribution in [3.8, 4) is 0 Å². The van der Waals surface area contributed by atoms with Gasteiger partial charge in [-0.2, -0.15) is 0 Å². The van der Waals surface area contributed by atoms with Crippen molar-refractivity contribution in [2.24, 2.45) is 0 Å². The second-order valence-electron chi connectivity index (χ2n) is 6.58. The minimum absolute atomic E-state index is 0.0322. The molecule has 1 atom stereocenters. The molecule has 2 aromatic carbocycles. The standard InChI is InChI=1S/C21H16F4N2O2/c1-9-17(21(29)27-16-7-6-14(23)19(25)18(9)16)10(2)20(28)26-11(3)13-5-4-12(22)8-15(13)24/h4-8,11H,2H2,1,3H3,(H,26,28)(H,27,29)/t11-/m0/s1. The minimum Gasteiger partial charge on any atom is -0.345 e. The van der Waals surface area contributed by atoms with Crippen molar-refractivity contribution in [1.29, 1.82) is 0 Å². The van der Waals surface area contributed by atoms with Crippen molar-refractivity contribution in [3.05, 3.63) is 87.2 Å². The number of hydrogen-bond acceptors (Lipinski definition) is 2. The Morgan fingerprint density at radius 1 is 1.10 bits per heavy atom. The van der Waals surface area contributed by atoms with Crippen LogP contribution in [0.15, 0.2) is 41.7 Å². The third kappa shape index (κ3) is 3.65. The highest BCUT2D eigenvalue weighted by Gasteiger charge is 2.22. The van der Waals surface area contributed by atoms with Crippen molar-refractivity contribution >= 4 is 22.4 Å². The number of carbonyl (C=O) groups excluding carboxylic acids is 1. The number of aromatic nitrogens is 1. The van der Waals surface area contributed by atoms with E-state index in [4.69, 9.17) is 0 Å². The molecule has 0 saturated heterocycles. The lowest BCUT2D eigenvalue weighted by atomic mass is 9.98. The summed E-state index contributed by atoms with van der Waals surface area (Å²) in [7, 11) is 0. The third-order valence-corrected chi connectivity index (χ3v) is 4.67. The first-order chi connectivity index (χ1) is 13.6. The summed E-state index contributed by atoms with van der Waals surface area (Å²) in [6, 6.07) is 4.15. The number of pyridine rings is 1. The molecule has 150 valence electrons. The molecule has 4 nitrogen and oxygen atoms in total. The third-order valence-electron chi connectivity index (χ3n) is 4.67. The van der Waals surface area contributed by atoms with E-state index in [-0.39, 0.29) is 33.2 Å². The number of amides is 1. The van der Waals surface area contributed by atoms with Gasteiger partial charge in [-0.25, -0.2) is 17.6 Å². The summed E-state index contributed by atoms with van der Waals surface area (Å²) in [6.45, 7) is 6.42. The highest BCUT2D eigenvalue weighted by molar-refractivity contribution is 6.19. The first kappa shape index (κ1) is 20.3. The Labute approximate surface area is 162 Å². The quantitative estimate of drug-likeness (QED) is 0.504. The fourth-order valence-electron chi connectivity index (χ4n) is 3.19. The van der Waals surface area contributed by atoms with Gasteiger partial charge in [0.1, 0.15) is 11.6 Å². The fourth-order valence-corrected chi connectivity index (χ4v) is 3.19. The van der Waals surface area contributed by atoms with Gasteiger partial charge < -0.3 is 10.3 Å². The van der Waals surface area contributed by atoms with Gasteiger partial charge in [-0.05, 0) is 37.6 Å². The van der Waals surface area contributed by atoms with Crippen LogP contribution in [-0.2, 0) is 4.79 Å². The normalized spacial score (nSPS) is 12.1. The van der Waals surface area contributed by atoms with Crippen LogP contribution < -0.4 is 10.9 Å². The Balaban J connectivity index is 1.97. The predicted molar refractivity (Wildman–Crippen MR) is 101 cm³/mol. The van der Waals surface area contributed by atoms with E-state index in [0.717, 1.165) is 12.1 Å². The number of halogens is 4. The lowest BCUT2D eigenvalue weighted by Crippen LogP contribution is -2.30. The molecule has 1 amide bonds. The van der Waals surface area contributed by atoms with Crippen LogP contribution in [0.3, 0.4) is 0 Å². The maximum atomic E-state index is 14.2. The molecule has 3 aromatic rings. The largest absolute Gasteiger partial charge is 0.345 e. The van der Waals surface area contributed by atoms with Crippen LogP contribution in [0.2, 0.25) is 0 Å². The molecular formula is C21H16F4N2O2. The lowest BCUT2D eigenvalue weighted by Gasteiger charge is -2.17. The predicted octanol–water partition coefficient (Wildman–Crippen LogP) is 4.28. The van der Waals surface area contributed by atoms with E-state index in [9.17, 15) is 27.2 Å². The maximum Gasteiger partial charge on any atom is 0.256 e. The van der Waals surface area contributed by atoms with E-state index in [1.165, 1.54) is 26.0 Å². The van der Waals surface area contributed by atoms with Gasteiger partial charge in [0.25, 0.3) is 11.5 Å². The zero-order chi connectivity index (χ0) is 21.5. The van der Waals surface area contributed by atoms with Gasteiger partial charge >= 0.3 is 0 Å². The Morgan fingerprint density at radius 2 is 1.79 bits per heavy atom. The van der Waals surface area contributed by atoms with Crippen LogP contribution in [0.25, 0.3) is 16.5 Å². The van der Waals surface area contributed by atoms with Gasteiger partial charge in [-0.15, -0.1) is 0 Å². The van der Waals surface area contributed by atoms with E-state index < -0.39 is 40.8 Å². The van der Waals surface area contributed by atoms with Crippen LogP contribution in [0.5, 0.6) is 0 Å². The van der Waals surface area contributed by atoms with Crippen LogP contribution in [0.1, 0.15) is 29.7 Å². The van der Waals surface area contributed by atoms with Crippen molar-refractivity contribution < 1.29 is 22.4 Å². The van der Waals surface area contributed by atoms with Crippen LogP contribution in [0.4, 0.5) is 17.6 Å². The highest BCUT2D eigenvalue weighted by Crippen LogP contribution is 2.26. The molecule has 0 aliphatic carbocycles. The van der Waals surface area contributed by atoms with Gasteiger partial charge in [0.05, 0.1) is 17.1 Å². The first-order valence-electron chi connectivity index (χ1n) is 8.57. The second kappa shape index (κ2) is 7.54. The molecule has 1 heterocycles. The second-order valence-corrected chi connectivity index (χ2v) is 6.58. The molecule has 8 heteroatoms. The number of fused-ring (bicyclic) bond motifs is 1. The molecule has 0 bridgehead atoms. The average Bonchev–Trinajstić information content (AvgIpc) is 2.64. The average molecular weight is 404 g/mol. The summed E-state index contributed by atoms with van der Waals surface area (Å²) < 4.78 is 54.8. The summed E-state index contributed by atoms with van der Waals surface area (Å²) in [5, 5.41) is 2.29. The molecule has 0 aliphatic rings. The van der Waals surface area contributed by atoms with Crippen LogP contribution in [-0.4, -0.2) is 10.9 Å². The van der Waals surface area contributed by atoms with Gasteiger partial charge in [0, 0.05) is 22.6 Å². The van der Waals surface area contributed by atoms with E-state index >= 15 is 0 Å². The summed E-state index contributed by atoms with van der Waals surface area (Å²) in [4.78, 5) is 27.4. The van der Waals surface area contributed by atoms with E-state index in [2.05, 4.69) is 16.9 Å². The molecule has 0 saturated carbocycles. The van der Waals surface area contributed by atoms with Gasteiger partial charge in [-0.1, -0.05) is 12.6 Å². The smallest absolute Gasteiger partial charge is 0.256 e. The van der Waals surface area contributed by atoms with E-state index in [0.29, 0.717) is 6.07 Å². The Kier molecular flexibility index (Phi) is 5.28. The number of H-pyrrole nitrogens is 1. The van der Waals surface area contributed by atoms with Crippen molar-refractivity contribution in [3.63, 3.8) is 0 Å². The van der Waals surface area contributed by atoms with Crippen molar-refractivity contribution in [1.82, 2.24) is 10.3 Å². The number of hydrogen-bond donors (Lipinski definition) is 2. The van der Waals surface area contributed by atoms with Gasteiger partial charge in [0.2, 0.25) is 0 Å².